The molecule has 1 radical (unpaired) electrons. The van der Waals surface area contributed by atoms with E-state index in [9.17, 15) is 4.79 Å². The zero-order valence-corrected chi connectivity index (χ0v) is 7.52. The summed E-state index contributed by atoms with van der Waals surface area (Å²) in [5.74, 6) is 0.0532. The Bertz CT molecular complexity index is 79.7. The van der Waals surface area contributed by atoms with Crippen molar-refractivity contribution in [3.8, 4) is 0 Å². The summed E-state index contributed by atoms with van der Waals surface area (Å²) in [7, 11) is 0. The van der Waals surface area contributed by atoms with E-state index in [1.54, 1.807) is 0 Å². The van der Waals surface area contributed by atoms with Crippen molar-refractivity contribution in [3.63, 3.8) is 0 Å². The number of nitrogens with two attached hydrogens (primary N) is 1. The molecule has 0 bridgehead atoms. The smallest absolute Gasteiger partial charge is 0.290 e. The van der Waals surface area contributed by atoms with Crippen LogP contribution in [0.5, 0.6) is 0 Å². The molecule has 0 saturated heterocycles. The fourth-order valence-corrected chi connectivity index (χ4v) is 0.191. The first-order chi connectivity index (χ1) is 3.18. The van der Waals surface area contributed by atoms with Gasteiger partial charge < -0.3 is 23.5 Å². The van der Waals surface area contributed by atoms with Gasteiger partial charge in [0.05, 0.1) is 0 Å². The number of thiol groups is 1. The number of carbonyl (C=O) groups is 1. The molecule has 0 aliphatic heterocycles. The van der Waals surface area contributed by atoms with E-state index < -0.39 is 12.0 Å². The number of hydrogen-bond acceptors (Lipinski definition) is 3. The molecule has 1 atom stereocenters. The Kier molecular flexibility index (Phi) is 7.85. The second-order valence-electron chi connectivity index (χ2n) is 1.01. The third-order valence-electron chi connectivity index (χ3n) is 0.446. The third kappa shape index (κ3) is 4.60. The fraction of sp³-hybridized carbons (Fsp3) is 0.333. The first-order valence-corrected chi connectivity index (χ1v) is 2.16. The van der Waals surface area contributed by atoms with Gasteiger partial charge in [-0.2, -0.15) is 0 Å². The molecular weight excluding hydrogens is 300 g/mol. The van der Waals surface area contributed by atoms with Crippen LogP contribution in [-0.2, 0) is 25.2 Å². The van der Waals surface area contributed by atoms with Gasteiger partial charge in [-0.1, -0.05) is 0 Å². The molecule has 0 aliphatic carbocycles. The van der Waals surface area contributed by atoms with E-state index in [4.69, 9.17) is 10.8 Å². The number of rotatable bonds is 2. The van der Waals surface area contributed by atoms with Crippen LogP contribution < -0.4 is 5.73 Å². The van der Waals surface area contributed by atoms with Gasteiger partial charge in [-0.25, -0.2) is 5.75 Å². The van der Waals surface area contributed by atoms with Crippen molar-refractivity contribution in [1.82, 2.24) is 0 Å². The summed E-state index contributed by atoms with van der Waals surface area (Å²) >= 11 is 3.52. The molecule has 0 spiro atoms. The molecule has 0 aromatic heterocycles. The average molecular weight is 306 g/mol. The topological polar surface area (TPSA) is 63.3 Å². The molecule has 0 rings (SSSR count). The van der Waals surface area contributed by atoms with Gasteiger partial charge >= 0.3 is 0 Å². The summed E-state index contributed by atoms with van der Waals surface area (Å²) in [6.07, 6.45) is 0. The summed E-state index contributed by atoms with van der Waals surface area (Å²) in [6.45, 7) is 0. The van der Waals surface area contributed by atoms with E-state index in [-0.39, 0.29) is 20.4 Å². The molecule has 1 unspecified atom stereocenters. The molecule has 0 fully saturated rings. The number of carboxylic acids is 1. The number of hydrogen-bond donors (Lipinski definition) is 3. The van der Waals surface area contributed by atoms with Gasteiger partial charge in [-0.15, -0.1) is 0 Å². The van der Waals surface area contributed by atoms with Crippen LogP contribution >= 0.6 is 12.6 Å². The van der Waals surface area contributed by atoms with E-state index >= 15 is 0 Å². The largest absolute Gasteiger partial charge is 0.482 e. The summed E-state index contributed by atoms with van der Waals surface area (Å²) in [5, 5.41) is 7.98. The Balaban J connectivity index is 0. The molecule has 3 N–H and O–H groups in total. The minimum Gasteiger partial charge on any atom is -0.482 e. The average Bonchev–Trinajstić information content (AvgIpc) is 1.65. The van der Waals surface area contributed by atoms with Crippen molar-refractivity contribution in [2.75, 3.05) is 0 Å². The summed E-state index contributed by atoms with van der Waals surface area (Å²) < 4.78 is 0. The van der Waals surface area contributed by atoms with Crippen molar-refractivity contribution in [1.29, 1.82) is 0 Å². The van der Waals surface area contributed by atoms with Crippen molar-refractivity contribution in [3.05, 3.63) is 5.75 Å². The molecule has 0 aromatic carbocycles. The zero-order valence-electron chi connectivity index (χ0n) is 3.91. The Labute approximate surface area is 66.7 Å². The summed E-state index contributed by atoms with van der Waals surface area (Å²) in [6, 6.07) is -0.941. The predicted octanol–water partition coefficient (Wildman–Crippen LogP) is -0.513. The van der Waals surface area contributed by atoms with Gasteiger partial charge in [0.25, 0.3) is 5.97 Å². The van der Waals surface area contributed by atoms with E-state index in [1.165, 1.54) is 0 Å². The van der Waals surface area contributed by atoms with E-state index in [1.807, 2.05) is 0 Å². The van der Waals surface area contributed by atoms with E-state index in [2.05, 4.69) is 12.6 Å². The van der Waals surface area contributed by atoms with Crippen LogP contribution in [0.3, 0.4) is 0 Å². The fourth-order valence-electron chi connectivity index (χ4n) is 0.0638. The molecular formula is C3H6NO2ReS-. The van der Waals surface area contributed by atoms with Gasteiger partial charge in [0.2, 0.25) is 0 Å². The van der Waals surface area contributed by atoms with Gasteiger partial charge in [0.15, 0.2) is 0 Å². The summed E-state index contributed by atoms with van der Waals surface area (Å²) in [5.41, 5.74) is 4.88. The van der Waals surface area contributed by atoms with Crippen molar-refractivity contribution >= 4 is 18.6 Å². The van der Waals surface area contributed by atoms with Crippen LogP contribution in [0.2, 0.25) is 0 Å². The normalized spacial score (nSPS) is 11.8. The van der Waals surface area contributed by atoms with Crippen LogP contribution in [0.1, 0.15) is 0 Å². The summed E-state index contributed by atoms with van der Waals surface area (Å²) in [4.78, 5) is 9.73. The minimum atomic E-state index is -1.06. The Morgan fingerprint density at radius 2 is 2.25 bits per heavy atom. The second kappa shape index (κ2) is 5.58. The van der Waals surface area contributed by atoms with Crippen LogP contribution in [0.4, 0.5) is 0 Å². The molecule has 5 heteroatoms. The third-order valence-corrected chi connectivity index (χ3v) is 0.767. The molecule has 0 aliphatic rings. The van der Waals surface area contributed by atoms with Gasteiger partial charge in [0, 0.05) is 20.4 Å². The first kappa shape index (κ1) is 11.3. The number of carboxylic acid groups (broad SMARTS) is 1. The monoisotopic (exact) mass is 307 g/mol. The molecule has 0 saturated carbocycles. The van der Waals surface area contributed by atoms with Gasteiger partial charge in [0.1, 0.15) is 0 Å². The standard InChI is InChI=1S/C3H6NO2S.Re/c4-2(1-7)3(5)6;/h1-2,7H,4H2,(H,5,6);/q-1;. The molecule has 3 nitrogen and oxygen atoms in total. The maximum Gasteiger partial charge on any atom is 0.290 e. The predicted molar refractivity (Wildman–Crippen MR) is 28.9 cm³/mol. The van der Waals surface area contributed by atoms with Gasteiger partial charge in [-0.3, -0.25) is 4.79 Å². The minimum absolute atomic E-state index is 0. The molecule has 0 heterocycles. The van der Waals surface area contributed by atoms with Crippen molar-refractivity contribution in [2.24, 2.45) is 5.73 Å². The van der Waals surface area contributed by atoms with Gasteiger partial charge in [-0.05, 0) is 6.04 Å². The van der Waals surface area contributed by atoms with E-state index in [0.717, 1.165) is 5.75 Å². The zero-order chi connectivity index (χ0) is 5.86. The van der Waals surface area contributed by atoms with Crippen LogP contribution in [-0.4, -0.2) is 17.1 Å². The maximum atomic E-state index is 9.73. The van der Waals surface area contributed by atoms with Crippen molar-refractivity contribution < 1.29 is 30.3 Å². The second-order valence-corrected chi connectivity index (χ2v) is 1.31. The molecule has 0 aromatic rings. The molecule has 8 heavy (non-hydrogen) atoms. The maximum absolute atomic E-state index is 9.73. The van der Waals surface area contributed by atoms with Crippen LogP contribution in [0.15, 0.2) is 0 Å². The van der Waals surface area contributed by atoms with Crippen LogP contribution in [0.25, 0.3) is 0 Å². The molecule has 49 valence electrons. The van der Waals surface area contributed by atoms with Crippen molar-refractivity contribution in [2.45, 2.75) is 6.04 Å². The van der Waals surface area contributed by atoms with E-state index in [0.29, 0.717) is 0 Å². The Morgan fingerprint density at radius 1 is 1.88 bits per heavy atom. The Morgan fingerprint density at radius 3 is 2.25 bits per heavy atom. The quantitative estimate of drug-likeness (QED) is 0.475. The molecule has 0 amide bonds. The van der Waals surface area contributed by atoms with Crippen LogP contribution in [0, 0.1) is 5.75 Å². The Hall–Kier alpha value is 0.442. The first-order valence-electron chi connectivity index (χ1n) is 1.64. The SMILES string of the molecule is NC([CH-]S)C(=O)O.[Re]. The number of aliphatic carboxylic acids is 1.